The third kappa shape index (κ3) is 3.22. The molecule has 3 nitrogen and oxygen atoms in total. The first-order chi connectivity index (χ1) is 9.71. The van der Waals surface area contributed by atoms with E-state index >= 15 is 0 Å². The van der Waals surface area contributed by atoms with Crippen molar-refractivity contribution in [2.45, 2.75) is 39.3 Å². The molecule has 2 atom stereocenters. The zero-order valence-corrected chi connectivity index (χ0v) is 13.2. The molecule has 1 aliphatic rings. The lowest BCUT2D eigenvalue weighted by atomic mass is 9.96. The van der Waals surface area contributed by atoms with Crippen molar-refractivity contribution in [2.75, 3.05) is 32.7 Å². The summed E-state index contributed by atoms with van der Waals surface area (Å²) in [5.74, 6) is 0. The number of hydrogen-bond acceptors (Lipinski definition) is 3. The molecule has 1 heterocycles. The van der Waals surface area contributed by atoms with Gasteiger partial charge in [-0.05, 0) is 31.0 Å². The summed E-state index contributed by atoms with van der Waals surface area (Å²) in [7, 11) is 0. The van der Waals surface area contributed by atoms with E-state index in [0.29, 0.717) is 18.6 Å². The van der Waals surface area contributed by atoms with E-state index < -0.39 is 0 Å². The fourth-order valence-electron chi connectivity index (χ4n) is 3.43. The molecular formula is C17H29N3. The van der Waals surface area contributed by atoms with Crippen molar-refractivity contribution in [3.63, 3.8) is 0 Å². The maximum absolute atomic E-state index is 6.12. The number of nitrogens with zero attached hydrogens (tertiary/aromatic N) is 2. The van der Waals surface area contributed by atoms with Gasteiger partial charge in [-0.25, -0.2) is 0 Å². The van der Waals surface area contributed by atoms with Gasteiger partial charge in [-0.2, -0.15) is 0 Å². The summed E-state index contributed by atoms with van der Waals surface area (Å²) in [4.78, 5) is 5.13. The molecule has 0 saturated carbocycles. The number of piperazine rings is 1. The highest BCUT2D eigenvalue weighted by molar-refractivity contribution is 5.30. The molecule has 2 rings (SSSR count). The topological polar surface area (TPSA) is 32.5 Å². The Hall–Kier alpha value is -0.900. The highest BCUT2D eigenvalue weighted by Crippen LogP contribution is 2.26. The maximum Gasteiger partial charge on any atom is 0.0474 e. The normalized spacial score (nSPS) is 22.9. The molecule has 1 saturated heterocycles. The van der Waals surface area contributed by atoms with Crippen LogP contribution in [0.4, 0.5) is 0 Å². The van der Waals surface area contributed by atoms with Crippen LogP contribution in [0.5, 0.6) is 0 Å². The van der Waals surface area contributed by atoms with Crippen molar-refractivity contribution in [2.24, 2.45) is 5.73 Å². The van der Waals surface area contributed by atoms with Gasteiger partial charge in [-0.15, -0.1) is 0 Å². The molecule has 1 aromatic carbocycles. The number of nitrogens with two attached hydrogens (primary N) is 1. The van der Waals surface area contributed by atoms with Crippen molar-refractivity contribution in [1.29, 1.82) is 0 Å². The molecule has 0 aromatic heterocycles. The van der Waals surface area contributed by atoms with Crippen LogP contribution in [-0.4, -0.2) is 48.6 Å². The Kier molecular flexibility index (Phi) is 5.58. The predicted octanol–water partition coefficient (Wildman–Crippen LogP) is 2.27. The Morgan fingerprint density at radius 3 is 2.60 bits per heavy atom. The fourth-order valence-corrected chi connectivity index (χ4v) is 3.43. The first-order valence-corrected chi connectivity index (χ1v) is 7.97. The SMILES string of the molecule is CCc1ccccc1C(CN)N1CCN(CC)C(C)C1. The standard InChI is InChI=1S/C17H29N3/c1-4-15-8-6-7-9-16(15)17(12-18)20-11-10-19(5-2)14(3)13-20/h6-9,14,17H,4-5,10-13,18H2,1-3H3. The largest absolute Gasteiger partial charge is 0.329 e. The van der Waals surface area contributed by atoms with Gasteiger partial charge >= 0.3 is 0 Å². The second-order valence-electron chi connectivity index (χ2n) is 5.78. The van der Waals surface area contributed by atoms with Crippen LogP contribution in [0, 0.1) is 0 Å². The van der Waals surface area contributed by atoms with E-state index in [9.17, 15) is 0 Å². The quantitative estimate of drug-likeness (QED) is 0.895. The van der Waals surface area contributed by atoms with Crippen LogP contribution in [0.3, 0.4) is 0 Å². The number of aryl methyl sites for hydroxylation is 1. The summed E-state index contributed by atoms with van der Waals surface area (Å²) < 4.78 is 0. The molecule has 3 heteroatoms. The summed E-state index contributed by atoms with van der Waals surface area (Å²) in [6.45, 7) is 12.1. The Morgan fingerprint density at radius 2 is 2.00 bits per heavy atom. The van der Waals surface area contributed by atoms with Crippen molar-refractivity contribution in [3.05, 3.63) is 35.4 Å². The van der Waals surface area contributed by atoms with Crippen LogP contribution in [0.15, 0.2) is 24.3 Å². The Bertz CT molecular complexity index is 418. The van der Waals surface area contributed by atoms with Crippen molar-refractivity contribution >= 4 is 0 Å². The summed E-state index contributed by atoms with van der Waals surface area (Å²) in [5, 5.41) is 0. The first-order valence-electron chi connectivity index (χ1n) is 7.97. The van der Waals surface area contributed by atoms with Crippen molar-refractivity contribution in [1.82, 2.24) is 9.80 Å². The number of benzene rings is 1. The van der Waals surface area contributed by atoms with Crippen molar-refractivity contribution in [3.8, 4) is 0 Å². The van der Waals surface area contributed by atoms with Crippen LogP contribution < -0.4 is 5.73 Å². The van der Waals surface area contributed by atoms with E-state index in [1.165, 1.54) is 11.1 Å². The summed E-state index contributed by atoms with van der Waals surface area (Å²) >= 11 is 0. The van der Waals surface area contributed by atoms with E-state index in [1.54, 1.807) is 0 Å². The van der Waals surface area contributed by atoms with Gasteiger partial charge in [-0.1, -0.05) is 38.1 Å². The average Bonchev–Trinajstić information content (AvgIpc) is 2.49. The second-order valence-corrected chi connectivity index (χ2v) is 5.78. The lowest BCUT2D eigenvalue weighted by Crippen LogP contribution is -2.53. The first kappa shape index (κ1) is 15.5. The van der Waals surface area contributed by atoms with Crippen LogP contribution in [0.1, 0.15) is 37.9 Å². The van der Waals surface area contributed by atoms with E-state index in [4.69, 9.17) is 5.73 Å². The minimum Gasteiger partial charge on any atom is -0.329 e. The van der Waals surface area contributed by atoms with Gasteiger partial charge in [0, 0.05) is 38.3 Å². The third-order valence-electron chi connectivity index (χ3n) is 4.66. The van der Waals surface area contributed by atoms with Crippen molar-refractivity contribution < 1.29 is 0 Å². The smallest absolute Gasteiger partial charge is 0.0474 e. The predicted molar refractivity (Wildman–Crippen MR) is 85.9 cm³/mol. The molecule has 0 radical (unpaired) electrons. The Morgan fingerprint density at radius 1 is 1.25 bits per heavy atom. The zero-order chi connectivity index (χ0) is 14.5. The highest BCUT2D eigenvalue weighted by atomic mass is 15.3. The lowest BCUT2D eigenvalue weighted by Gasteiger charge is -2.43. The maximum atomic E-state index is 6.12. The molecule has 1 aliphatic heterocycles. The molecule has 0 amide bonds. The minimum atomic E-state index is 0.368. The zero-order valence-electron chi connectivity index (χ0n) is 13.2. The molecule has 2 N–H and O–H groups in total. The molecule has 0 spiro atoms. The molecule has 20 heavy (non-hydrogen) atoms. The number of hydrogen-bond donors (Lipinski definition) is 1. The van der Waals surface area contributed by atoms with E-state index in [0.717, 1.165) is 32.6 Å². The van der Waals surface area contributed by atoms with Crippen LogP contribution in [0.2, 0.25) is 0 Å². The molecule has 2 unspecified atom stereocenters. The van der Waals surface area contributed by atoms with E-state index in [-0.39, 0.29) is 0 Å². The summed E-state index contributed by atoms with van der Waals surface area (Å²) in [5.41, 5.74) is 8.98. The summed E-state index contributed by atoms with van der Waals surface area (Å²) in [6.07, 6.45) is 1.08. The van der Waals surface area contributed by atoms with Gasteiger partial charge in [0.15, 0.2) is 0 Å². The lowest BCUT2D eigenvalue weighted by molar-refractivity contribution is 0.0604. The summed E-state index contributed by atoms with van der Waals surface area (Å²) in [6, 6.07) is 9.76. The van der Waals surface area contributed by atoms with E-state index in [2.05, 4.69) is 54.8 Å². The van der Waals surface area contributed by atoms with Crippen LogP contribution in [-0.2, 0) is 6.42 Å². The number of likely N-dealkylation sites (N-methyl/N-ethyl adjacent to an activating group) is 1. The number of rotatable bonds is 5. The van der Waals surface area contributed by atoms with Gasteiger partial charge < -0.3 is 5.73 Å². The van der Waals surface area contributed by atoms with E-state index in [1.807, 2.05) is 0 Å². The third-order valence-corrected chi connectivity index (χ3v) is 4.66. The molecule has 1 aromatic rings. The molecule has 0 aliphatic carbocycles. The second kappa shape index (κ2) is 7.21. The molecule has 1 fully saturated rings. The molecule has 112 valence electrons. The van der Waals surface area contributed by atoms with Crippen LogP contribution in [0.25, 0.3) is 0 Å². The van der Waals surface area contributed by atoms with Crippen LogP contribution >= 0.6 is 0 Å². The van der Waals surface area contributed by atoms with Gasteiger partial charge in [-0.3, -0.25) is 9.80 Å². The Labute approximate surface area is 123 Å². The Balaban J connectivity index is 2.16. The molecular weight excluding hydrogens is 246 g/mol. The van der Waals surface area contributed by atoms with Gasteiger partial charge in [0.25, 0.3) is 0 Å². The molecule has 0 bridgehead atoms. The van der Waals surface area contributed by atoms with Gasteiger partial charge in [0.1, 0.15) is 0 Å². The van der Waals surface area contributed by atoms with Gasteiger partial charge in [0.05, 0.1) is 0 Å². The average molecular weight is 275 g/mol. The fraction of sp³-hybridized carbons (Fsp3) is 0.647. The highest BCUT2D eigenvalue weighted by Gasteiger charge is 2.28. The monoisotopic (exact) mass is 275 g/mol. The van der Waals surface area contributed by atoms with Gasteiger partial charge in [0.2, 0.25) is 0 Å². The minimum absolute atomic E-state index is 0.368.